The summed E-state index contributed by atoms with van der Waals surface area (Å²) in [6, 6.07) is 14.3. The van der Waals surface area contributed by atoms with Crippen molar-refractivity contribution in [1.29, 1.82) is 0 Å². The lowest BCUT2D eigenvalue weighted by Crippen LogP contribution is -2.27. The van der Waals surface area contributed by atoms with Gasteiger partial charge in [-0.25, -0.2) is 4.79 Å². The molecule has 1 aliphatic rings. The van der Waals surface area contributed by atoms with Gasteiger partial charge in [0.25, 0.3) is 5.91 Å². The van der Waals surface area contributed by atoms with Crippen LogP contribution in [0.15, 0.2) is 53.4 Å². The summed E-state index contributed by atoms with van der Waals surface area (Å²) < 4.78 is 0.438. The predicted molar refractivity (Wildman–Crippen MR) is 105 cm³/mol. The number of rotatable bonds is 4. The molecule has 6 heteroatoms. The van der Waals surface area contributed by atoms with Crippen LogP contribution in [-0.2, 0) is 11.2 Å². The minimum absolute atomic E-state index is 0.153. The molecular weight excluding hydrogens is 354 g/mol. The summed E-state index contributed by atoms with van der Waals surface area (Å²) in [7, 11) is 0. The van der Waals surface area contributed by atoms with Crippen molar-refractivity contribution >= 4 is 51.9 Å². The summed E-state index contributed by atoms with van der Waals surface area (Å²) in [5.74, 6) is -1.27. The van der Waals surface area contributed by atoms with Crippen LogP contribution in [0, 0.1) is 0 Å². The van der Waals surface area contributed by atoms with Gasteiger partial charge in [-0.2, -0.15) is 0 Å². The first-order chi connectivity index (χ1) is 12.0. The van der Waals surface area contributed by atoms with Gasteiger partial charge in [-0.05, 0) is 41.8 Å². The Kier molecular flexibility index (Phi) is 5.01. The second-order valence-electron chi connectivity index (χ2n) is 5.43. The fourth-order valence-corrected chi connectivity index (χ4v) is 3.82. The molecule has 0 aliphatic carbocycles. The number of carboxylic acids is 1. The smallest absolute Gasteiger partial charge is 0.336 e. The highest BCUT2D eigenvalue weighted by molar-refractivity contribution is 8.27. The third kappa shape index (κ3) is 3.50. The Morgan fingerprint density at radius 1 is 1.20 bits per heavy atom. The minimum atomic E-state index is -1.03. The van der Waals surface area contributed by atoms with E-state index >= 15 is 0 Å². The quantitative estimate of drug-likeness (QED) is 0.641. The van der Waals surface area contributed by atoms with E-state index in [4.69, 9.17) is 12.2 Å². The van der Waals surface area contributed by atoms with Crippen molar-refractivity contribution in [3.8, 4) is 0 Å². The number of aryl methyl sites for hydroxylation is 1. The number of anilines is 1. The van der Waals surface area contributed by atoms with Crippen molar-refractivity contribution in [3.63, 3.8) is 0 Å². The first-order valence-corrected chi connectivity index (χ1v) is 8.93. The Hall–Kier alpha value is -2.44. The standard InChI is InChI=1S/C19H15NO3S2/c1-2-12-7-9-14(10-8-12)20-17(21)16(25-19(20)24)11-13-5-3-4-6-15(13)18(22)23/h3-11H,2H2,1H3,(H,22,23)/b16-11+. The van der Waals surface area contributed by atoms with E-state index < -0.39 is 5.97 Å². The van der Waals surface area contributed by atoms with E-state index in [9.17, 15) is 14.7 Å². The second kappa shape index (κ2) is 7.21. The predicted octanol–water partition coefficient (Wildman–Crippen LogP) is 4.35. The molecule has 4 nitrogen and oxygen atoms in total. The topological polar surface area (TPSA) is 57.6 Å². The first-order valence-electron chi connectivity index (χ1n) is 7.70. The summed E-state index contributed by atoms with van der Waals surface area (Å²) in [6.45, 7) is 2.07. The number of benzene rings is 2. The highest BCUT2D eigenvalue weighted by Crippen LogP contribution is 2.36. The summed E-state index contributed by atoms with van der Waals surface area (Å²) >= 11 is 6.53. The monoisotopic (exact) mass is 369 g/mol. The fourth-order valence-electron chi connectivity index (χ4n) is 2.53. The molecule has 0 saturated carbocycles. The van der Waals surface area contributed by atoms with Gasteiger partial charge in [0.2, 0.25) is 0 Å². The van der Waals surface area contributed by atoms with Gasteiger partial charge in [0.1, 0.15) is 0 Å². The Morgan fingerprint density at radius 2 is 1.88 bits per heavy atom. The molecule has 2 aromatic rings. The zero-order chi connectivity index (χ0) is 18.0. The highest BCUT2D eigenvalue weighted by atomic mass is 32.2. The Morgan fingerprint density at radius 3 is 2.52 bits per heavy atom. The molecule has 0 spiro atoms. The fraction of sp³-hybridized carbons (Fsp3) is 0.105. The maximum Gasteiger partial charge on any atom is 0.336 e. The Balaban J connectivity index is 1.94. The van der Waals surface area contributed by atoms with Crippen LogP contribution < -0.4 is 4.90 Å². The van der Waals surface area contributed by atoms with Crippen LogP contribution in [0.2, 0.25) is 0 Å². The molecule has 1 amide bonds. The van der Waals surface area contributed by atoms with E-state index in [-0.39, 0.29) is 11.5 Å². The van der Waals surface area contributed by atoms with Gasteiger partial charge >= 0.3 is 5.97 Å². The molecule has 25 heavy (non-hydrogen) atoms. The molecule has 1 N–H and O–H groups in total. The number of thiocarbonyl (C=S) groups is 1. The number of carboxylic acid groups (broad SMARTS) is 1. The average Bonchev–Trinajstić information content (AvgIpc) is 2.89. The average molecular weight is 369 g/mol. The van der Waals surface area contributed by atoms with Gasteiger partial charge in [0, 0.05) is 0 Å². The number of amides is 1. The van der Waals surface area contributed by atoms with Crippen molar-refractivity contribution in [2.24, 2.45) is 0 Å². The molecule has 1 fully saturated rings. The molecule has 0 radical (unpaired) electrons. The van der Waals surface area contributed by atoms with Crippen LogP contribution >= 0.6 is 24.0 Å². The van der Waals surface area contributed by atoms with Crippen molar-refractivity contribution in [2.45, 2.75) is 13.3 Å². The largest absolute Gasteiger partial charge is 0.478 e. The molecular formula is C19H15NO3S2. The SMILES string of the molecule is CCc1ccc(N2C(=O)/C(=C\c3ccccc3C(=O)O)SC2=S)cc1. The van der Waals surface area contributed by atoms with Gasteiger partial charge in [0.15, 0.2) is 4.32 Å². The molecule has 0 aromatic heterocycles. The van der Waals surface area contributed by atoms with E-state index in [0.717, 1.165) is 12.1 Å². The number of carbonyl (C=O) groups is 2. The van der Waals surface area contributed by atoms with Crippen molar-refractivity contribution < 1.29 is 14.7 Å². The molecule has 0 unspecified atom stereocenters. The van der Waals surface area contributed by atoms with Gasteiger partial charge in [0.05, 0.1) is 16.2 Å². The van der Waals surface area contributed by atoms with Crippen LogP contribution in [-0.4, -0.2) is 21.3 Å². The van der Waals surface area contributed by atoms with Gasteiger partial charge in [-0.3, -0.25) is 9.69 Å². The Bertz CT molecular complexity index is 888. The summed E-state index contributed by atoms with van der Waals surface area (Å²) in [6.07, 6.45) is 2.51. The number of carbonyl (C=O) groups excluding carboxylic acids is 1. The highest BCUT2D eigenvalue weighted by Gasteiger charge is 2.33. The van der Waals surface area contributed by atoms with E-state index in [1.54, 1.807) is 24.3 Å². The molecule has 126 valence electrons. The third-order valence-corrected chi connectivity index (χ3v) is 5.18. The van der Waals surface area contributed by atoms with E-state index in [1.165, 1.54) is 28.3 Å². The summed E-state index contributed by atoms with van der Waals surface area (Å²) in [5, 5.41) is 9.28. The molecule has 1 heterocycles. The molecule has 3 rings (SSSR count). The number of thioether (sulfide) groups is 1. The lowest BCUT2D eigenvalue weighted by Gasteiger charge is -2.14. The van der Waals surface area contributed by atoms with E-state index in [2.05, 4.69) is 6.92 Å². The van der Waals surface area contributed by atoms with Crippen molar-refractivity contribution in [2.75, 3.05) is 4.90 Å². The van der Waals surface area contributed by atoms with Crippen LogP contribution in [0.5, 0.6) is 0 Å². The number of nitrogens with zero attached hydrogens (tertiary/aromatic N) is 1. The van der Waals surface area contributed by atoms with Gasteiger partial charge in [-0.1, -0.05) is 61.2 Å². The van der Waals surface area contributed by atoms with Crippen molar-refractivity contribution in [3.05, 3.63) is 70.1 Å². The number of aromatic carboxylic acids is 1. The zero-order valence-corrected chi connectivity index (χ0v) is 15.1. The van der Waals surface area contributed by atoms with Crippen LogP contribution in [0.4, 0.5) is 5.69 Å². The summed E-state index contributed by atoms with van der Waals surface area (Å²) in [4.78, 5) is 26.0. The lowest BCUT2D eigenvalue weighted by atomic mass is 10.1. The van der Waals surface area contributed by atoms with Crippen LogP contribution in [0.3, 0.4) is 0 Å². The maximum atomic E-state index is 12.8. The number of hydrogen-bond donors (Lipinski definition) is 1. The second-order valence-corrected chi connectivity index (χ2v) is 7.11. The first kappa shape index (κ1) is 17.4. The van der Waals surface area contributed by atoms with Gasteiger partial charge in [-0.15, -0.1) is 0 Å². The summed E-state index contributed by atoms with van der Waals surface area (Å²) in [5.41, 5.74) is 2.53. The number of hydrogen-bond acceptors (Lipinski definition) is 4. The molecule has 1 saturated heterocycles. The van der Waals surface area contributed by atoms with Gasteiger partial charge < -0.3 is 5.11 Å². The van der Waals surface area contributed by atoms with E-state index in [0.29, 0.717) is 14.8 Å². The zero-order valence-electron chi connectivity index (χ0n) is 13.4. The van der Waals surface area contributed by atoms with E-state index in [1.807, 2.05) is 24.3 Å². The van der Waals surface area contributed by atoms with Crippen LogP contribution in [0.25, 0.3) is 6.08 Å². The maximum absolute atomic E-state index is 12.8. The molecule has 0 atom stereocenters. The van der Waals surface area contributed by atoms with Crippen molar-refractivity contribution in [1.82, 2.24) is 0 Å². The normalized spacial score (nSPS) is 15.9. The minimum Gasteiger partial charge on any atom is -0.478 e. The third-order valence-electron chi connectivity index (χ3n) is 3.87. The molecule has 2 aromatic carbocycles. The lowest BCUT2D eigenvalue weighted by molar-refractivity contribution is -0.113. The Labute approximate surface area is 155 Å². The molecule has 0 bridgehead atoms. The molecule has 1 aliphatic heterocycles. The van der Waals surface area contributed by atoms with Crippen LogP contribution in [0.1, 0.15) is 28.4 Å².